The highest BCUT2D eigenvalue weighted by Gasteiger charge is 2.46. The zero-order chi connectivity index (χ0) is 29.4. The van der Waals surface area contributed by atoms with Crippen LogP contribution in [-0.4, -0.2) is 83.8 Å². The SMILES string of the molecule is CO[P+](=O)OC[C@H]1O[C@@H](n2cnc3c(N)ncnc32)C[C@@H]1O[P+](=O)OC[C@H]1O[C@@H](n2cnc3c(N)ncnc32)C[C@H]1F. The second-order valence-corrected chi connectivity index (χ2v) is 11.3. The van der Waals surface area contributed by atoms with Crippen LogP contribution in [0.5, 0.6) is 0 Å². The first-order valence-electron chi connectivity index (χ1n) is 12.5. The zero-order valence-corrected chi connectivity index (χ0v) is 23.7. The Morgan fingerprint density at radius 1 is 0.857 bits per heavy atom. The van der Waals surface area contributed by atoms with E-state index in [0.29, 0.717) is 22.3 Å². The predicted octanol–water partition coefficient (Wildman–Crippen LogP) is 2.12. The predicted molar refractivity (Wildman–Crippen MR) is 140 cm³/mol. The summed E-state index contributed by atoms with van der Waals surface area (Å²) in [5.41, 5.74) is 13.3. The maximum absolute atomic E-state index is 14.9. The van der Waals surface area contributed by atoms with Gasteiger partial charge in [0, 0.05) is 22.0 Å². The summed E-state index contributed by atoms with van der Waals surface area (Å²) in [5, 5.41) is 0. The molecule has 6 rings (SSSR count). The van der Waals surface area contributed by atoms with Crippen LogP contribution in [0.15, 0.2) is 25.3 Å². The molecule has 6 heterocycles. The maximum Gasteiger partial charge on any atom is 0.697 e. The number of hydrogen-bond donors (Lipinski definition) is 2. The van der Waals surface area contributed by atoms with Crippen LogP contribution in [0.3, 0.4) is 0 Å². The lowest BCUT2D eigenvalue weighted by Crippen LogP contribution is -2.27. The van der Waals surface area contributed by atoms with Gasteiger partial charge in [-0.25, -0.2) is 34.3 Å². The molecule has 8 atom stereocenters. The van der Waals surface area contributed by atoms with Crippen molar-refractivity contribution in [2.24, 2.45) is 0 Å². The molecule has 4 aromatic rings. The van der Waals surface area contributed by atoms with Crippen molar-refractivity contribution in [1.82, 2.24) is 39.0 Å². The smallest absolute Gasteiger partial charge is 0.382 e. The first-order chi connectivity index (χ1) is 20.3. The highest BCUT2D eigenvalue weighted by Crippen LogP contribution is 2.41. The van der Waals surface area contributed by atoms with Crippen molar-refractivity contribution >= 4 is 50.5 Å². The summed E-state index contributed by atoms with van der Waals surface area (Å²) in [4.78, 5) is 24.6. The second-order valence-electron chi connectivity index (χ2n) is 9.28. The summed E-state index contributed by atoms with van der Waals surface area (Å²) < 4.78 is 75.3. The molecule has 21 heteroatoms. The van der Waals surface area contributed by atoms with Crippen LogP contribution in [0, 0.1) is 0 Å². The average Bonchev–Trinajstić information content (AvgIpc) is 3.76. The van der Waals surface area contributed by atoms with Crippen LogP contribution in [0.1, 0.15) is 25.3 Å². The van der Waals surface area contributed by atoms with E-state index in [9.17, 15) is 13.5 Å². The Balaban J connectivity index is 1.09. The molecule has 222 valence electrons. The van der Waals surface area contributed by atoms with E-state index in [2.05, 4.69) is 34.4 Å². The van der Waals surface area contributed by atoms with E-state index in [1.54, 1.807) is 9.13 Å². The second kappa shape index (κ2) is 12.1. The van der Waals surface area contributed by atoms with Crippen LogP contribution in [0.25, 0.3) is 22.3 Å². The number of alkyl halides is 1. The summed E-state index contributed by atoms with van der Waals surface area (Å²) in [6, 6.07) is 0. The minimum absolute atomic E-state index is 0.0107. The first kappa shape index (κ1) is 28.7. The molecule has 0 spiro atoms. The van der Waals surface area contributed by atoms with Crippen molar-refractivity contribution in [3.8, 4) is 0 Å². The molecule has 18 nitrogen and oxygen atoms in total. The number of imidazole rings is 2. The molecular weight excluding hydrogens is 601 g/mol. The number of nitrogen functional groups attached to an aromatic ring is 2. The molecule has 2 fully saturated rings. The van der Waals surface area contributed by atoms with Crippen LogP contribution >= 0.6 is 16.5 Å². The third kappa shape index (κ3) is 5.65. The van der Waals surface area contributed by atoms with Crippen molar-refractivity contribution in [3.05, 3.63) is 25.3 Å². The Morgan fingerprint density at radius 2 is 1.40 bits per heavy atom. The van der Waals surface area contributed by atoms with Gasteiger partial charge in [-0.2, -0.15) is 0 Å². The number of nitrogens with zero attached hydrogens (tertiary/aromatic N) is 8. The van der Waals surface area contributed by atoms with E-state index in [0.717, 1.165) is 0 Å². The molecule has 2 saturated heterocycles. The standard InChI is InChI=1S/C21H25FN10O8P2/c1-35-41(33)36-5-13-11(3-15(39-13)32-9-30-17-19(24)26-7-28-21(17)32)40-42(34)37-4-12-10(22)2-14(38-12)31-8-29-16-18(23)25-6-27-20(16)31/h6-15H,2-5H2,1H3,(H2,23,25,27)(H2,24,26,28)/q+2/t10-,11+,12-,13-,14-,15-/m1/s1. The summed E-state index contributed by atoms with van der Waals surface area (Å²) in [6.45, 7) is -0.559. The van der Waals surface area contributed by atoms with Crippen molar-refractivity contribution in [2.75, 3.05) is 31.8 Å². The molecule has 0 saturated carbocycles. The molecular formula is C21H25FN10O8P2+2. The molecule has 42 heavy (non-hydrogen) atoms. The molecule has 0 aliphatic carbocycles. The lowest BCUT2D eigenvalue weighted by Gasteiger charge is -2.13. The van der Waals surface area contributed by atoms with Crippen molar-refractivity contribution in [2.45, 2.75) is 49.8 Å². The number of nitrogens with two attached hydrogens (primary N) is 2. The van der Waals surface area contributed by atoms with Crippen LogP contribution in [0.4, 0.5) is 16.0 Å². The fourth-order valence-electron chi connectivity index (χ4n) is 4.77. The molecule has 0 amide bonds. The average molecular weight is 626 g/mol. The Bertz CT molecular complexity index is 1630. The third-order valence-electron chi connectivity index (χ3n) is 6.80. The van der Waals surface area contributed by atoms with Gasteiger partial charge in [-0.15, -0.1) is 18.1 Å². The lowest BCUT2D eigenvalue weighted by atomic mass is 10.2. The van der Waals surface area contributed by atoms with Gasteiger partial charge < -0.3 is 20.9 Å². The van der Waals surface area contributed by atoms with Crippen LogP contribution in [0.2, 0.25) is 0 Å². The van der Waals surface area contributed by atoms with Crippen LogP contribution < -0.4 is 11.5 Å². The highest BCUT2D eigenvalue weighted by atomic mass is 31.1. The van der Waals surface area contributed by atoms with Gasteiger partial charge in [0.1, 0.15) is 73.8 Å². The topological polar surface area (TPSA) is 229 Å². The number of hydrogen-bond acceptors (Lipinski definition) is 16. The number of fused-ring (bicyclic) bond motifs is 2. The van der Waals surface area contributed by atoms with Crippen molar-refractivity contribution < 1.29 is 41.1 Å². The van der Waals surface area contributed by atoms with Gasteiger partial charge in [0.25, 0.3) is 0 Å². The zero-order valence-electron chi connectivity index (χ0n) is 21.9. The van der Waals surface area contributed by atoms with E-state index < -0.39 is 53.4 Å². The molecule has 0 radical (unpaired) electrons. The summed E-state index contributed by atoms with van der Waals surface area (Å²) in [7, 11) is -3.93. The van der Waals surface area contributed by atoms with E-state index in [1.165, 1.54) is 32.4 Å². The number of ether oxygens (including phenoxy) is 2. The number of halogens is 1. The summed E-state index contributed by atoms with van der Waals surface area (Å²) in [5.74, 6) is 0.385. The Kier molecular flexibility index (Phi) is 8.24. The summed E-state index contributed by atoms with van der Waals surface area (Å²) >= 11 is 0. The highest BCUT2D eigenvalue weighted by molar-refractivity contribution is 7.33. The number of anilines is 2. The number of rotatable bonds is 11. The Hall–Kier alpha value is -3.41. The fraction of sp³-hybridized carbons (Fsp3) is 0.524. The van der Waals surface area contributed by atoms with E-state index in [1.807, 2.05) is 0 Å². The first-order valence-corrected chi connectivity index (χ1v) is 14.7. The molecule has 0 aromatic carbocycles. The molecule has 2 aliphatic heterocycles. The van der Waals surface area contributed by atoms with Gasteiger partial charge in [0.2, 0.25) is 0 Å². The lowest BCUT2D eigenvalue weighted by molar-refractivity contribution is -0.0409. The van der Waals surface area contributed by atoms with Gasteiger partial charge in [0.05, 0.1) is 19.8 Å². The normalized spacial score (nSPS) is 26.8. The minimum atomic E-state index is -2.75. The quantitative estimate of drug-likeness (QED) is 0.227. The Morgan fingerprint density at radius 3 is 2.02 bits per heavy atom. The largest absolute Gasteiger partial charge is 0.697 e. The molecule has 4 aromatic heterocycles. The van der Waals surface area contributed by atoms with Gasteiger partial charge in [-0.05, 0) is 0 Å². The van der Waals surface area contributed by atoms with Gasteiger partial charge in [-0.3, -0.25) is 9.13 Å². The van der Waals surface area contributed by atoms with Gasteiger partial charge in [-0.1, -0.05) is 0 Å². The van der Waals surface area contributed by atoms with E-state index in [-0.39, 0.29) is 37.7 Å². The third-order valence-corrected chi connectivity index (χ3v) is 8.26. The van der Waals surface area contributed by atoms with Crippen LogP contribution in [-0.2, 0) is 36.7 Å². The van der Waals surface area contributed by atoms with E-state index >= 15 is 0 Å². The van der Waals surface area contributed by atoms with Gasteiger partial charge in [0.15, 0.2) is 22.9 Å². The minimum Gasteiger partial charge on any atom is -0.382 e. The fourth-order valence-corrected chi connectivity index (χ4v) is 5.91. The Labute approximate surface area is 237 Å². The number of aromatic nitrogens is 8. The van der Waals surface area contributed by atoms with Gasteiger partial charge >= 0.3 is 16.5 Å². The van der Waals surface area contributed by atoms with Crippen molar-refractivity contribution in [3.63, 3.8) is 0 Å². The molecule has 2 aliphatic rings. The molecule has 0 bridgehead atoms. The monoisotopic (exact) mass is 626 g/mol. The molecule has 4 N–H and O–H groups in total. The summed E-state index contributed by atoms with van der Waals surface area (Å²) in [6.07, 6.45) is 0.121. The van der Waals surface area contributed by atoms with Crippen molar-refractivity contribution in [1.29, 1.82) is 0 Å². The molecule has 2 unspecified atom stereocenters. The van der Waals surface area contributed by atoms with E-state index in [4.69, 9.17) is 34.5 Å². The maximum atomic E-state index is 14.9.